The molecule has 8 nitrogen and oxygen atoms in total. The lowest BCUT2D eigenvalue weighted by Crippen LogP contribution is -2.29. The molecule has 2 atom stereocenters. The molecule has 0 heterocycles. The summed E-state index contributed by atoms with van der Waals surface area (Å²) in [5.41, 5.74) is 0. The maximum atomic E-state index is 12.6. The summed E-state index contributed by atoms with van der Waals surface area (Å²) >= 11 is 0. The molecule has 0 aliphatic rings. The molecule has 0 rings (SSSR count). The van der Waals surface area contributed by atoms with Crippen LogP contribution >= 0.6 is 7.82 Å². The third kappa shape index (κ3) is 39.4. The Labute approximate surface area is 330 Å². The zero-order valence-corrected chi connectivity index (χ0v) is 35.5. The fourth-order valence-corrected chi connectivity index (χ4v) is 6.43. The second-order valence-electron chi connectivity index (χ2n) is 14.0. The SMILES string of the molecule is CC/C=C\C/C=C\C/C=C\C/C=C\CCCCCCCCCCC(=O)OC(COC(=O)CCCCCCC/C=C\CCCCCC)COP(=O)(O)OCC. The number of phosphoric ester groups is 1. The van der Waals surface area contributed by atoms with E-state index in [-0.39, 0.29) is 32.0 Å². The number of phosphoric acid groups is 1. The van der Waals surface area contributed by atoms with Gasteiger partial charge in [0.1, 0.15) is 6.61 Å². The highest BCUT2D eigenvalue weighted by Crippen LogP contribution is 2.43. The molecular formula is C45H79O8P. The van der Waals surface area contributed by atoms with E-state index >= 15 is 0 Å². The van der Waals surface area contributed by atoms with Crippen molar-refractivity contribution in [1.82, 2.24) is 0 Å². The van der Waals surface area contributed by atoms with Gasteiger partial charge in [-0.05, 0) is 84.0 Å². The molecule has 0 aromatic rings. The third-order valence-electron chi connectivity index (χ3n) is 8.81. The van der Waals surface area contributed by atoms with Crippen molar-refractivity contribution >= 4 is 19.8 Å². The minimum atomic E-state index is -4.29. The Morgan fingerprint density at radius 1 is 0.519 bits per heavy atom. The van der Waals surface area contributed by atoms with Crippen molar-refractivity contribution in [2.45, 2.75) is 194 Å². The minimum Gasteiger partial charge on any atom is -0.462 e. The van der Waals surface area contributed by atoms with Crippen LogP contribution in [0.25, 0.3) is 0 Å². The van der Waals surface area contributed by atoms with E-state index in [1.54, 1.807) is 6.92 Å². The van der Waals surface area contributed by atoms with Crippen LogP contribution < -0.4 is 0 Å². The smallest absolute Gasteiger partial charge is 0.462 e. The number of allylic oxidation sites excluding steroid dienone is 10. The lowest BCUT2D eigenvalue weighted by molar-refractivity contribution is -0.161. The van der Waals surface area contributed by atoms with Crippen molar-refractivity contribution in [3.63, 3.8) is 0 Å². The van der Waals surface area contributed by atoms with Crippen LogP contribution in [0.3, 0.4) is 0 Å². The Hall–Kier alpha value is -2.25. The van der Waals surface area contributed by atoms with Crippen LogP contribution in [0.2, 0.25) is 0 Å². The lowest BCUT2D eigenvalue weighted by atomic mass is 10.1. The van der Waals surface area contributed by atoms with Crippen molar-refractivity contribution in [2.75, 3.05) is 19.8 Å². The van der Waals surface area contributed by atoms with Gasteiger partial charge in [0.2, 0.25) is 0 Å². The molecule has 9 heteroatoms. The first-order valence-corrected chi connectivity index (χ1v) is 23.1. The van der Waals surface area contributed by atoms with Crippen molar-refractivity contribution in [2.24, 2.45) is 0 Å². The van der Waals surface area contributed by atoms with Gasteiger partial charge in [-0.25, -0.2) is 4.57 Å². The molecular weight excluding hydrogens is 699 g/mol. The highest BCUT2D eigenvalue weighted by Gasteiger charge is 2.25. The van der Waals surface area contributed by atoms with Gasteiger partial charge in [0.25, 0.3) is 0 Å². The first-order valence-electron chi connectivity index (χ1n) is 21.6. The molecule has 0 radical (unpaired) electrons. The van der Waals surface area contributed by atoms with Crippen molar-refractivity contribution in [1.29, 1.82) is 0 Å². The van der Waals surface area contributed by atoms with E-state index < -0.39 is 26.5 Å². The molecule has 0 bridgehead atoms. The van der Waals surface area contributed by atoms with Gasteiger partial charge >= 0.3 is 19.8 Å². The summed E-state index contributed by atoms with van der Waals surface area (Å²) < 4.78 is 32.6. The Morgan fingerprint density at radius 3 is 1.44 bits per heavy atom. The maximum Gasteiger partial charge on any atom is 0.472 e. The zero-order valence-electron chi connectivity index (χ0n) is 34.6. The fraction of sp³-hybridized carbons (Fsp3) is 0.733. The number of unbranched alkanes of at least 4 members (excludes halogenated alkanes) is 17. The van der Waals surface area contributed by atoms with Gasteiger partial charge in [-0.1, -0.05) is 152 Å². The van der Waals surface area contributed by atoms with Gasteiger partial charge in [-0.15, -0.1) is 0 Å². The number of ether oxygens (including phenoxy) is 2. The summed E-state index contributed by atoms with van der Waals surface area (Å²) in [6.07, 6.45) is 48.4. The highest BCUT2D eigenvalue weighted by molar-refractivity contribution is 7.47. The zero-order chi connectivity index (χ0) is 39.6. The van der Waals surface area contributed by atoms with Crippen LogP contribution in [-0.4, -0.2) is 42.8 Å². The highest BCUT2D eigenvalue weighted by atomic mass is 31.2. The van der Waals surface area contributed by atoms with Gasteiger partial charge in [-0.3, -0.25) is 18.6 Å². The first-order chi connectivity index (χ1) is 26.3. The predicted molar refractivity (Wildman–Crippen MR) is 225 cm³/mol. The van der Waals surface area contributed by atoms with Gasteiger partial charge in [0, 0.05) is 12.8 Å². The quantitative estimate of drug-likeness (QED) is 0.0284. The molecule has 0 saturated carbocycles. The van der Waals surface area contributed by atoms with E-state index in [2.05, 4.69) is 74.6 Å². The van der Waals surface area contributed by atoms with Crippen LogP contribution in [0.4, 0.5) is 0 Å². The van der Waals surface area contributed by atoms with E-state index in [1.807, 2.05) is 0 Å². The molecule has 2 unspecified atom stereocenters. The molecule has 0 fully saturated rings. The molecule has 54 heavy (non-hydrogen) atoms. The number of rotatable bonds is 39. The second kappa shape index (κ2) is 40.4. The average Bonchev–Trinajstić information content (AvgIpc) is 3.15. The Balaban J connectivity index is 4.10. The molecule has 0 aliphatic heterocycles. The van der Waals surface area contributed by atoms with Crippen LogP contribution in [0.15, 0.2) is 60.8 Å². The number of esters is 2. The number of carbonyl (C=O) groups excluding carboxylic acids is 2. The van der Waals surface area contributed by atoms with Crippen molar-refractivity contribution < 1.29 is 37.6 Å². The van der Waals surface area contributed by atoms with Gasteiger partial charge in [0.15, 0.2) is 6.10 Å². The Bertz CT molecular complexity index is 1060. The van der Waals surface area contributed by atoms with Crippen LogP contribution in [0.5, 0.6) is 0 Å². The largest absolute Gasteiger partial charge is 0.472 e. The molecule has 1 N–H and O–H groups in total. The third-order valence-corrected chi connectivity index (χ3v) is 9.87. The van der Waals surface area contributed by atoms with Crippen LogP contribution in [0.1, 0.15) is 188 Å². The molecule has 0 spiro atoms. The van der Waals surface area contributed by atoms with E-state index in [1.165, 1.54) is 57.8 Å². The average molecular weight is 779 g/mol. The lowest BCUT2D eigenvalue weighted by Gasteiger charge is -2.19. The predicted octanol–water partition coefficient (Wildman–Crippen LogP) is 13.6. The standard InChI is InChI=1S/C45H79O8P/c1-4-7-9-11-13-15-17-19-20-21-22-23-24-25-26-28-30-32-34-36-38-40-45(47)53-43(42-52-54(48,49)51-6-3)41-50-44(46)39-37-35-33-31-29-27-18-16-14-12-10-8-5-2/h7,9,13,15-16,18-20,22-23,43H,4-6,8,10-12,14,17,21,24-42H2,1-3H3,(H,48,49)/b9-7-,15-13-,18-16-,20-19-,23-22-. The summed E-state index contributed by atoms with van der Waals surface area (Å²) in [7, 11) is -4.29. The van der Waals surface area contributed by atoms with Crippen LogP contribution in [-0.2, 0) is 32.7 Å². The van der Waals surface area contributed by atoms with Gasteiger partial charge < -0.3 is 14.4 Å². The Kier molecular flexibility index (Phi) is 38.7. The molecule has 0 aromatic carbocycles. The summed E-state index contributed by atoms with van der Waals surface area (Å²) in [5, 5.41) is 0. The van der Waals surface area contributed by atoms with Gasteiger partial charge in [-0.2, -0.15) is 0 Å². The summed E-state index contributed by atoms with van der Waals surface area (Å²) in [4.78, 5) is 34.7. The second-order valence-corrected chi connectivity index (χ2v) is 15.4. The van der Waals surface area contributed by atoms with Gasteiger partial charge in [0.05, 0.1) is 13.2 Å². The van der Waals surface area contributed by atoms with Crippen LogP contribution in [0, 0.1) is 0 Å². The molecule has 0 aromatic heterocycles. The molecule has 312 valence electrons. The summed E-state index contributed by atoms with van der Waals surface area (Å²) in [6.45, 7) is 5.32. The number of hydrogen-bond acceptors (Lipinski definition) is 7. The summed E-state index contributed by atoms with van der Waals surface area (Å²) in [6, 6.07) is 0. The van der Waals surface area contributed by atoms with E-state index in [0.29, 0.717) is 6.42 Å². The molecule has 0 amide bonds. The fourth-order valence-electron chi connectivity index (χ4n) is 5.67. The van der Waals surface area contributed by atoms with Crippen molar-refractivity contribution in [3.05, 3.63) is 60.8 Å². The molecule has 0 saturated heterocycles. The normalized spacial score (nSPS) is 13.9. The van der Waals surface area contributed by atoms with E-state index in [9.17, 15) is 19.0 Å². The van der Waals surface area contributed by atoms with E-state index in [0.717, 1.165) is 89.9 Å². The number of hydrogen-bond donors (Lipinski definition) is 1. The Morgan fingerprint density at radius 2 is 0.944 bits per heavy atom. The minimum absolute atomic E-state index is 0.00489. The molecule has 0 aliphatic carbocycles. The monoisotopic (exact) mass is 779 g/mol. The number of carbonyl (C=O) groups is 2. The topological polar surface area (TPSA) is 108 Å². The summed E-state index contributed by atoms with van der Waals surface area (Å²) in [5.74, 6) is -0.820. The first kappa shape index (κ1) is 51.8. The van der Waals surface area contributed by atoms with Crippen molar-refractivity contribution in [3.8, 4) is 0 Å². The maximum absolute atomic E-state index is 12.6. The van der Waals surface area contributed by atoms with E-state index in [4.69, 9.17) is 18.5 Å².